The highest BCUT2D eigenvalue weighted by Gasteiger charge is 2.10. The highest BCUT2D eigenvalue weighted by Crippen LogP contribution is 2.13. The predicted octanol–water partition coefficient (Wildman–Crippen LogP) is 1.64. The van der Waals surface area contributed by atoms with Gasteiger partial charge in [0, 0.05) is 6.20 Å². The van der Waals surface area contributed by atoms with Gasteiger partial charge in [0.05, 0.1) is 9.77 Å². The maximum atomic E-state index is 10.7. The van der Waals surface area contributed by atoms with Gasteiger partial charge in [0.1, 0.15) is 0 Å². The van der Waals surface area contributed by atoms with Crippen molar-refractivity contribution in [1.29, 1.82) is 0 Å². The summed E-state index contributed by atoms with van der Waals surface area (Å²) in [7, 11) is 0. The quantitative estimate of drug-likeness (QED) is 0.812. The van der Waals surface area contributed by atoms with Crippen LogP contribution >= 0.6 is 22.6 Å². The molecule has 0 aliphatic rings. The van der Waals surface area contributed by atoms with Crippen molar-refractivity contribution in [3.63, 3.8) is 0 Å². The van der Waals surface area contributed by atoms with Crippen molar-refractivity contribution in [3.05, 3.63) is 33.8 Å². The van der Waals surface area contributed by atoms with E-state index in [4.69, 9.17) is 5.11 Å². The van der Waals surface area contributed by atoms with Crippen LogP contribution in [0.25, 0.3) is 5.65 Å². The number of halogens is 1. The Morgan fingerprint density at radius 2 is 2.38 bits per heavy atom. The third-order valence-corrected chi connectivity index (χ3v) is 2.55. The fourth-order valence-corrected chi connectivity index (χ4v) is 1.74. The minimum absolute atomic E-state index is 0.188. The molecule has 4 nitrogen and oxygen atoms in total. The second-order valence-electron chi connectivity index (χ2n) is 2.50. The Morgan fingerprint density at radius 1 is 1.62 bits per heavy atom. The maximum Gasteiger partial charge on any atom is 0.354 e. The Bertz CT molecular complexity index is 478. The molecule has 2 aromatic heterocycles. The van der Waals surface area contributed by atoms with Gasteiger partial charge in [0.25, 0.3) is 0 Å². The van der Waals surface area contributed by atoms with Crippen LogP contribution in [0.2, 0.25) is 0 Å². The summed E-state index contributed by atoms with van der Waals surface area (Å²) >= 11 is 2.12. The van der Waals surface area contributed by atoms with Crippen LogP contribution in [0.1, 0.15) is 10.5 Å². The molecule has 0 radical (unpaired) electrons. The number of rotatable bonds is 1. The number of pyridine rings is 1. The number of aromatic nitrogens is 2. The molecule has 13 heavy (non-hydrogen) atoms. The van der Waals surface area contributed by atoms with Gasteiger partial charge in [-0.15, -0.1) is 0 Å². The number of carbonyl (C=O) groups is 1. The Labute approximate surface area is 87.4 Å². The largest absolute Gasteiger partial charge is 0.477 e. The lowest BCUT2D eigenvalue weighted by Crippen LogP contribution is -2.01. The molecule has 2 aromatic rings. The summed E-state index contributed by atoms with van der Waals surface area (Å²) in [6, 6.07) is 3.68. The van der Waals surface area contributed by atoms with Gasteiger partial charge in [0.2, 0.25) is 0 Å². The van der Waals surface area contributed by atoms with Gasteiger partial charge in [-0.25, -0.2) is 9.78 Å². The van der Waals surface area contributed by atoms with Crippen molar-refractivity contribution in [2.45, 2.75) is 0 Å². The summed E-state index contributed by atoms with van der Waals surface area (Å²) in [6.07, 6.45) is 3.05. The number of carboxylic acid groups (broad SMARTS) is 1. The van der Waals surface area contributed by atoms with E-state index in [-0.39, 0.29) is 5.69 Å². The van der Waals surface area contributed by atoms with Crippen molar-refractivity contribution in [1.82, 2.24) is 9.38 Å². The fraction of sp³-hybridized carbons (Fsp3) is 0. The van der Waals surface area contributed by atoms with Gasteiger partial charge in [-0.05, 0) is 34.7 Å². The zero-order valence-corrected chi connectivity index (χ0v) is 8.59. The third-order valence-electron chi connectivity index (χ3n) is 1.71. The summed E-state index contributed by atoms with van der Waals surface area (Å²) in [5.41, 5.74) is 0.869. The lowest BCUT2D eigenvalue weighted by Gasteiger charge is -1.96. The van der Waals surface area contributed by atoms with Crippen molar-refractivity contribution in [2.24, 2.45) is 0 Å². The fourth-order valence-electron chi connectivity index (χ4n) is 1.13. The molecule has 0 atom stereocenters. The molecule has 0 aromatic carbocycles. The zero-order chi connectivity index (χ0) is 9.42. The van der Waals surface area contributed by atoms with E-state index >= 15 is 0 Å². The van der Waals surface area contributed by atoms with Gasteiger partial charge in [0.15, 0.2) is 11.3 Å². The van der Waals surface area contributed by atoms with E-state index in [0.717, 1.165) is 3.57 Å². The van der Waals surface area contributed by atoms with E-state index in [0.29, 0.717) is 5.65 Å². The summed E-state index contributed by atoms with van der Waals surface area (Å²) in [6.45, 7) is 0. The summed E-state index contributed by atoms with van der Waals surface area (Å²) in [5.74, 6) is -0.963. The Hall–Kier alpha value is -1.11. The minimum atomic E-state index is -0.963. The zero-order valence-electron chi connectivity index (χ0n) is 6.44. The molecule has 1 N–H and O–H groups in total. The molecule has 2 heterocycles. The first kappa shape index (κ1) is 8.49. The Morgan fingerprint density at radius 3 is 3.08 bits per heavy atom. The SMILES string of the molecule is O=C(O)c1cnc2c(I)cccn12. The van der Waals surface area contributed by atoms with E-state index in [2.05, 4.69) is 27.6 Å². The van der Waals surface area contributed by atoms with Gasteiger partial charge in [-0.1, -0.05) is 0 Å². The van der Waals surface area contributed by atoms with Gasteiger partial charge >= 0.3 is 5.97 Å². The number of hydrogen-bond donors (Lipinski definition) is 1. The predicted molar refractivity (Wildman–Crippen MR) is 54.9 cm³/mol. The number of aromatic carboxylic acids is 1. The third kappa shape index (κ3) is 1.28. The second kappa shape index (κ2) is 2.99. The van der Waals surface area contributed by atoms with E-state index in [1.807, 2.05) is 6.07 Å². The highest BCUT2D eigenvalue weighted by molar-refractivity contribution is 14.1. The van der Waals surface area contributed by atoms with E-state index in [1.54, 1.807) is 16.7 Å². The number of fused-ring (bicyclic) bond motifs is 1. The smallest absolute Gasteiger partial charge is 0.354 e. The lowest BCUT2D eigenvalue weighted by molar-refractivity contribution is 0.0689. The van der Waals surface area contributed by atoms with Crippen LogP contribution in [0, 0.1) is 3.57 Å². The van der Waals surface area contributed by atoms with Crippen molar-refractivity contribution < 1.29 is 9.90 Å². The standard InChI is InChI=1S/C8H5IN2O2/c9-5-2-1-3-11-6(8(12)13)4-10-7(5)11/h1-4H,(H,12,13). The minimum Gasteiger partial charge on any atom is -0.477 e. The molecule has 0 amide bonds. The van der Waals surface area contributed by atoms with Crippen molar-refractivity contribution in [2.75, 3.05) is 0 Å². The number of imidazole rings is 1. The Kier molecular flexibility index (Phi) is 1.95. The van der Waals surface area contributed by atoms with E-state index in [9.17, 15) is 4.79 Å². The van der Waals surface area contributed by atoms with Gasteiger partial charge in [-0.3, -0.25) is 4.40 Å². The first-order valence-corrected chi connectivity index (χ1v) is 4.63. The number of hydrogen-bond acceptors (Lipinski definition) is 2. The van der Waals surface area contributed by atoms with Crippen molar-refractivity contribution >= 4 is 34.2 Å². The van der Waals surface area contributed by atoms with Crippen LogP contribution in [0.5, 0.6) is 0 Å². The highest BCUT2D eigenvalue weighted by atomic mass is 127. The Balaban J connectivity index is 2.83. The van der Waals surface area contributed by atoms with Crippen LogP contribution in [0.15, 0.2) is 24.5 Å². The molecule has 0 bridgehead atoms. The van der Waals surface area contributed by atoms with Crippen LogP contribution in [-0.2, 0) is 0 Å². The number of nitrogens with zero attached hydrogens (tertiary/aromatic N) is 2. The summed E-state index contributed by atoms with van der Waals surface area (Å²) in [4.78, 5) is 14.7. The molecule has 0 saturated carbocycles. The van der Waals surface area contributed by atoms with Gasteiger partial charge < -0.3 is 5.11 Å². The number of carboxylic acids is 1. The van der Waals surface area contributed by atoms with Crippen LogP contribution in [-0.4, -0.2) is 20.5 Å². The average Bonchev–Trinajstić information content (AvgIpc) is 2.48. The molecule has 2 rings (SSSR count). The topological polar surface area (TPSA) is 54.6 Å². The molecular formula is C8H5IN2O2. The van der Waals surface area contributed by atoms with E-state index < -0.39 is 5.97 Å². The van der Waals surface area contributed by atoms with Crippen LogP contribution < -0.4 is 0 Å². The lowest BCUT2D eigenvalue weighted by atomic mass is 10.4. The normalized spacial score (nSPS) is 10.5. The summed E-state index contributed by atoms with van der Waals surface area (Å²) < 4.78 is 2.50. The molecule has 5 heteroatoms. The first-order valence-electron chi connectivity index (χ1n) is 3.55. The second-order valence-corrected chi connectivity index (χ2v) is 3.66. The molecule has 0 spiro atoms. The maximum absolute atomic E-state index is 10.7. The van der Waals surface area contributed by atoms with Gasteiger partial charge in [-0.2, -0.15) is 0 Å². The molecule has 0 fully saturated rings. The first-order chi connectivity index (χ1) is 6.20. The average molecular weight is 288 g/mol. The molecular weight excluding hydrogens is 283 g/mol. The monoisotopic (exact) mass is 288 g/mol. The van der Waals surface area contributed by atoms with Crippen LogP contribution in [0.3, 0.4) is 0 Å². The molecule has 0 aliphatic heterocycles. The molecule has 0 aliphatic carbocycles. The van der Waals surface area contributed by atoms with E-state index in [1.165, 1.54) is 6.20 Å². The molecule has 0 saturated heterocycles. The summed E-state index contributed by atoms with van der Waals surface area (Å²) in [5, 5.41) is 8.80. The molecule has 0 unspecified atom stereocenters. The molecule has 66 valence electrons. The van der Waals surface area contributed by atoms with Crippen LogP contribution in [0.4, 0.5) is 0 Å². The van der Waals surface area contributed by atoms with Crippen molar-refractivity contribution in [3.8, 4) is 0 Å².